The van der Waals surface area contributed by atoms with E-state index >= 15 is 0 Å². The number of hydrogen-bond donors (Lipinski definition) is 2. The van der Waals surface area contributed by atoms with Gasteiger partial charge >= 0.3 is 6.09 Å². The van der Waals surface area contributed by atoms with Gasteiger partial charge in [0.05, 0.1) is 13.7 Å². The van der Waals surface area contributed by atoms with Gasteiger partial charge in [0.2, 0.25) is 0 Å². The summed E-state index contributed by atoms with van der Waals surface area (Å²) in [5.74, 6) is 0.806. The van der Waals surface area contributed by atoms with E-state index in [9.17, 15) is 9.59 Å². The summed E-state index contributed by atoms with van der Waals surface area (Å²) in [5, 5.41) is 5.62. The Hall–Kier alpha value is -2.24. The molecule has 0 bridgehead atoms. The molecule has 0 aliphatic rings. The zero-order valence-corrected chi connectivity index (χ0v) is 14.2. The molecule has 0 heterocycles. The van der Waals surface area contributed by atoms with Crippen LogP contribution in [0.15, 0.2) is 24.3 Å². The molecule has 0 fully saturated rings. The van der Waals surface area contributed by atoms with E-state index in [0.717, 1.165) is 6.42 Å². The average Bonchev–Trinajstić information content (AvgIpc) is 2.52. The van der Waals surface area contributed by atoms with Gasteiger partial charge in [-0.1, -0.05) is 19.9 Å². The zero-order chi connectivity index (χ0) is 17.2. The first-order chi connectivity index (χ1) is 11.0. The van der Waals surface area contributed by atoms with Crippen LogP contribution in [0.3, 0.4) is 0 Å². The van der Waals surface area contributed by atoms with E-state index in [-0.39, 0.29) is 11.9 Å². The van der Waals surface area contributed by atoms with Crippen LogP contribution in [0, 0.1) is 5.92 Å². The van der Waals surface area contributed by atoms with Gasteiger partial charge in [0.1, 0.15) is 5.75 Å². The first-order valence-corrected chi connectivity index (χ1v) is 7.81. The Kier molecular flexibility index (Phi) is 7.94. The van der Waals surface area contributed by atoms with Crippen molar-refractivity contribution in [3.63, 3.8) is 0 Å². The van der Waals surface area contributed by atoms with E-state index in [1.54, 1.807) is 38.3 Å². The lowest BCUT2D eigenvalue weighted by Crippen LogP contribution is -2.44. The van der Waals surface area contributed by atoms with Gasteiger partial charge in [-0.3, -0.25) is 4.79 Å². The lowest BCUT2D eigenvalue weighted by molar-refractivity contribution is 0.0944. The fourth-order valence-corrected chi connectivity index (χ4v) is 2.18. The van der Waals surface area contributed by atoms with Crippen LogP contribution >= 0.6 is 0 Å². The third-order valence-corrected chi connectivity index (χ3v) is 3.19. The Morgan fingerprint density at radius 2 is 2.00 bits per heavy atom. The Bertz CT molecular complexity index is 517. The molecule has 2 amide bonds. The maximum Gasteiger partial charge on any atom is 0.407 e. The molecule has 6 heteroatoms. The standard InChI is InChI=1S/C17H26N2O4/c1-5-23-17(21)19-14(9-12(2)3)11-18-16(20)13-7-6-8-15(10-13)22-4/h6-8,10,12,14H,5,9,11H2,1-4H3,(H,18,20)(H,19,21)/t14-/m1/s1. The van der Waals surface area contributed by atoms with Crippen LogP contribution in [0.25, 0.3) is 0 Å². The van der Waals surface area contributed by atoms with Crippen molar-refractivity contribution in [2.75, 3.05) is 20.3 Å². The summed E-state index contributed by atoms with van der Waals surface area (Å²) in [6, 6.07) is 6.75. The Morgan fingerprint density at radius 3 is 2.61 bits per heavy atom. The second-order valence-electron chi connectivity index (χ2n) is 5.63. The lowest BCUT2D eigenvalue weighted by Gasteiger charge is -2.20. The molecule has 6 nitrogen and oxygen atoms in total. The minimum Gasteiger partial charge on any atom is -0.497 e. The molecular formula is C17H26N2O4. The van der Waals surface area contributed by atoms with E-state index in [1.807, 2.05) is 0 Å². The largest absolute Gasteiger partial charge is 0.497 e. The van der Waals surface area contributed by atoms with E-state index in [2.05, 4.69) is 24.5 Å². The van der Waals surface area contributed by atoms with E-state index in [4.69, 9.17) is 9.47 Å². The quantitative estimate of drug-likeness (QED) is 0.771. The second-order valence-corrected chi connectivity index (χ2v) is 5.63. The molecule has 1 aromatic carbocycles. The molecule has 0 saturated carbocycles. The topological polar surface area (TPSA) is 76.7 Å². The van der Waals surface area contributed by atoms with Crippen molar-refractivity contribution in [3.05, 3.63) is 29.8 Å². The van der Waals surface area contributed by atoms with Crippen LogP contribution in [0.1, 0.15) is 37.6 Å². The number of carbonyl (C=O) groups is 2. The predicted octanol–water partition coefficient (Wildman–Crippen LogP) is 2.59. The minimum atomic E-state index is -0.464. The Labute approximate surface area is 137 Å². The normalized spacial score (nSPS) is 11.7. The summed E-state index contributed by atoms with van der Waals surface area (Å²) in [5.41, 5.74) is 0.517. The molecule has 0 aliphatic carbocycles. The smallest absolute Gasteiger partial charge is 0.407 e. The van der Waals surface area contributed by atoms with Gasteiger partial charge in [-0.05, 0) is 37.5 Å². The molecule has 0 radical (unpaired) electrons. The summed E-state index contributed by atoms with van der Waals surface area (Å²) in [6.45, 7) is 6.53. The maximum atomic E-state index is 12.2. The number of nitrogens with one attached hydrogen (secondary N) is 2. The van der Waals surface area contributed by atoms with E-state index < -0.39 is 6.09 Å². The summed E-state index contributed by atoms with van der Waals surface area (Å²) in [6.07, 6.45) is 0.283. The minimum absolute atomic E-state index is 0.177. The number of carbonyl (C=O) groups excluding carboxylic acids is 2. The molecule has 1 rings (SSSR count). The van der Waals surface area contributed by atoms with Crippen LogP contribution < -0.4 is 15.4 Å². The van der Waals surface area contributed by atoms with E-state index in [1.165, 1.54) is 0 Å². The fraction of sp³-hybridized carbons (Fsp3) is 0.529. The highest BCUT2D eigenvalue weighted by Gasteiger charge is 2.16. The zero-order valence-electron chi connectivity index (χ0n) is 14.2. The Morgan fingerprint density at radius 1 is 1.26 bits per heavy atom. The Balaban J connectivity index is 2.61. The molecule has 0 unspecified atom stereocenters. The highest BCUT2D eigenvalue weighted by Crippen LogP contribution is 2.12. The van der Waals surface area contributed by atoms with Crippen LogP contribution in [0.2, 0.25) is 0 Å². The van der Waals surface area contributed by atoms with Gasteiger partial charge in [0.15, 0.2) is 0 Å². The number of ether oxygens (including phenoxy) is 2. The summed E-state index contributed by atoms with van der Waals surface area (Å²) < 4.78 is 10.0. The third-order valence-electron chi connectivity index (χ3n) is 3.19. The molecule has 1 aromatic rings. The van der Waals surface area contributed by atoms with Crippen LogP contribution in [0.5, 0.6) is 5.75 Å². The fourth-order valence-electron chi connectivity index (χ4n) is 2.18. The number of alkyl carbamates (subject to hydrolysis) is 1. The van der Waals surface area contributed by atoms with Gasteiger partial charge in [-0.25, -0.2) is 4.79 Å². The van der Waals surface area contributed by atoms with Crippen molar-refractivity contribution in [1.82, 2.24) is 10.6 Å². The summed E-state index contributed by atoms with van der Waals surface area (Å²) in [4.78, 5) is 23.8. The number of benzene rings is 1. The van der Waals surface area contributed by atoms with Crippen LogP contribution in [-0.2, 0) is 4.74 Å². The molecule has 2 N–H and O–H groups in total. The monoisotopic (exact) mass is 322 g/mol. The molecular weight excluding hydrogens is 296 g/mol. The second kappa shape index (κ2) is 9.71. The molecule has 0 saturated heterocycles. The highest BCUT2D eigenvalue weighted by atomic mass is 16.5. The lowest BCUT2D eigenvalue weighted by atomic mass is 10.0. The number of amides is 2. The molecule has 0 aromatic heterocycles. The van der Waals surface area contributed by atoms with Crippen molar-refractivity contribution >= 4 is 12.0 Å². The molecule has 1 atom stereocenters. The number of rotatable bonds is 8. The van der Waals surface area contributed by atoms with Gasteiger partial charge in [0.25, 0.3) is 5.91 Å². The molecule has 23 heavy (non-hydrogen) atoms. The van der Waals surface area contributed by atoms with Crippen molar-refractivity contribution < 1.29 is 19.1 Å². The van der Waals surface area contributed by atoms with Crippen molar-refractivity contribution in [2.24, 2.45) is 5.92 Å². The maximum absolute atomic E-state index is 12.2. The molecule has 128 valence electrons. The molecule has 0 aliphatic heterocycles. The highest BCUT2D eigenvalue weighted by molar-refractivity contribution is 5.94. The molecule has 0 spiro atoms. The van der Waals surface area contributed by atoms with Gasteiger partial charge in [0, 0.05) is 18.2 Å². The van der Waals surface area contributed by atoms with Crippen LogP contribution in [-0.4, -0.2) is 38.3 Å². The predicted molar refractivity (Wildman–Crippen MR) is 88.7 cm³/mol. The number of hydrogen-bond acceptors (Lipinski definition) is 4. The van der Waals surface area contributed by atoms with Crippen molar-refractivity contribution in [3.8, 4) is 5.75 Å². The van der Waals surface area contributed by atoms with E-state index in [0.29, 0.717) is 30.4 Å². The first kappa shape index (κ1) is 18.8. The van der Waals surface area contributed by atoms with Gasteiger partial charge < -0.3 is 20.1 Å². The van der Waals surface area contributed by atoms with Crippen molar-refractivity contribution in [2.45, 2.75) is 33.2 Å². The van der Waals surface area contributed by atoms with Gasteiger partial charge in [-0.15, -0.1) is 0 Å². The average molecular weight is 322 g/mol. The number of methoxy groups -OCH3 is 1. The van der Waals surface area contributed by atoms with Crippen LogP contribution in [0.4, 0.5) is 4.79 Å². The first-order valence-electron chi connectivity index (χ1n) is 7.81. The van der Waals surface area contributed by atoms with Crippen molar-refractivity contribution in [1.29, 1.82) is 0 Å². The van der Waals surface area contributed by atoms with Gasteiger partial charge in [-0.2, -0.15) is 0 Å². The third kappa shape index (κ3) is 7.04. The summed E-state index contributed by atoms with van der Waals surface area (Å²) in [7, 11) is 1.55. The summed E-state index contributed by atoms with van der Waals surface area (Å²) >= 11 is 0. The SMILES string of the molecule is CCOC(=O)N[C@@H](CNC(=O)c1cccc(OC)c1)CC(C)C.